The molecule has 0 aliphatic rings. The first-order chi connectivity index (χ1) is 8.01. The highest BCUT2D eigenvalue weighted by Gasteiger charge is 2.20. The summed E-state index contributed by atoms with van der Waals surface area (Å²) in [5, 5.41) is -0.00641. The van der Waals surface area contributed by atoms with E-state index in [9.17, 15) is 8.42 Å². The van der Waals surface area contributed by atoms with Gasteiger partial charge in [-0.05, 0) is 31.2 Å². The van der Waals surface area contributed by atoms with Gasteiger partial charge in [0.25, 0.3) is 0 Å². The van der Waals surface area contributed by atoms with Crippen molar-refractivity contribution >= 4 is 21.4 Å². The van der Waals surface area contributed by atoms with Crippen LogP contribution >= 0.6 is 11.6 Å². The molecule has 1 heterocycles. The summed E-state index contributed by atoms with van der Waals surface area (Å²) in [4.78, 5) is 4.03. The van der Waals surface area contributed by atoms with Crippen LogP contribution in [0.4, 0.5) is 0 Å². The average Bonchev–Trinajstić information content (AvgIpc) is 2.30. The number of benzene rings is 1. The second-order valence-electron chi connectivity index (χ2n) is 3.61. The Bertz CT molecular complexity index is 636. The summed E-state index contributed by atoms with van der Waals surface area (Å²) in [5.74, 6) is 0. The topological polar surface area (TPSA) is 47.0 Å². The lowest BCUT2D eigenvalue weighted by molar-refractivity contribution is 0.595. The highest BCUT2D eigenvalue weighted by Crippen LogP contribution is 2.25. The minimum absolute atomic E-state index is 0.00641. The minimum atomic E-state index is -3.58. The van der Waals surface area contributed by atoms with Crippen LogP contribution in [-0.2, 0) is 9.84 Å². The molecule has 0 amide bonds. The Morgan fingerprint density at radius 3 is 2.35 bits per heavy atom. The third kappa shape index (κ3) is 2.33. The van der Waals surface area contributed by atoms with Gasteiger partial charge in [-0.1, -0.05) is 29.3 Å². The number of rotatable bonds is 2. The maximum Gasteiger partial charge on any atom is 0.209 e. The summed E-state index contributed by atoms with van der Waals surface area (Å²) in [6.07, 6.45) is 1.45. The molecule has 17 heavy (non-hydrogen) atoms. The van der Waals surface area contributed by atoms with Gasteiger partial charge in [0, 0.05) is 6.20 Å². The minimum Gasteiger partial charge on any atom is -0.243 e. The Kier molecular flexibility index (Phi) is 3.17. The van der Waals surface area contributed by atoms with Gasteiger partial charge in [-0.25, -0.2) is 13.4 Å². The number of pyridine rings is 1. The predicted octanol–water partition coefficient (Wildman–Crippen LogP) is 2.88. The molecule has 0 fully saturated rings. The van der Waals surface area contributed by atoms with E-state index < -0.39 is 9.84 Å². The van der Waals surface area contributed by atoms with Crippen LogP contribution in [0.3, 0.4) is 0 Å². The van der Waals surface area contributed by atoms with Crippen LogP contribution in [0.2, 0.25) is 5.15 Å². The lowest BCUT2D eigenvalue weighted by atomic mass is 10.2. The molecular formula is C12H10ClNO2S. The summed E-state index contributed by atoms with van der Waals surface area (Å²) < 4.78 is 24.5. The fourth-order valence-electron chi connectivity index (χ4n) is 1.42. The van der Waals surface area contributed by atoms with Crippen LogP contribution in [0, 0.1) is 6.92 Å². The van der Waals surface area contributed by atoms with E-state index in [2.05, 4.69) is 4.98 Å². The van der Waals surface area contributed by atoms with E-state index in [-0.39, 0.29) is 14.9 Å². The van der Waals surface area contributed by atoms with Gasteiger partial charge in [0.15, 0.2) is 0 Å². The molecule has 88 valence electrons. The van der Waals surface area contributed by atoms with Gasteiger partial charge >= 0.3 is 0 Å². The molecule has 2 aromatic rings. The van der Waals surface area contributed by atoms with Gasteiger partial charge < -0.3 is 0 Å². The maximum absolute atomic E-state index is 12.2. The van der Waals surface area contributed by atoms with Crippen LogP contribution in [0.5, 0.6) is 0 Å². The smallest absolute Gasteiger partial charge is 0.209 e. The molecule has 5 heteroatoms. The van der Waals surface area contributed by atoms with Gasteiger partial charge in [-0.15, -0.1) is 0 Å². The molecule has 0 saturated carbocycles. The number of nitrogens with zero attached hydrogens (tertiary/aromatic N) is 1. The Hall–Kier alpha value is -1.39. The molecule has 0 saturated heterocycles. The number of hydrogen-bond acceptors (Lipinski definition) is 3. The van der Waals surface area contributed by atoms with Crippen LogP contribution in [-0.4, -0.2) is 13.4 Å². The molecule has 0 bridgehead atoms. The molecule has 0 spiro atoms. The van der Waals surface area contributed by atoms with Crippen molar-refractivity contribution in [2.45, 2.75) is 16.7 Å². The van der Waals surface area contributed by atoms with E-state index in [0.717, 1.165) is 5.56 Å². The van der Waals surface area contributed by atoms with Crippen molar-refractivity contribution in [2.75, 3.05) is 0 Å². The zero-order chi connectivity index (χ0) is 12.5. The lowest BCUT2D eigenvalue weighted by Gasteiger charge is -2.05. The molecular weight excluding hydrogens is 258 g/mol. The first kappa shape index (κ1) is 12.1. The Balaban J connectivity index is 2.58. The molecule has 0 radical (unpaired) electrons. The van der Waals surface area contributed by atoms with Crippen molar-refractivity contribution in [3.8, 4) is 0 Å². The SMILES string of the molecule is Cc1ccc(S(=O)(=O)c2cccnc2Cl)cc1. The van der Waals surface area contributed by atoms with E-state index >= 15 is 0 Å². The number of halogens is 1. The number of hydrogen-bond donors (Lipinski definition) is 0. The molecule has 0 atom stereocenters. The third-order valence-corrected chi connectivity index (χ3v) is 4.56. The zero-order valence-corrected chi connectivity index (χ0v) is 10.7. The second kappa shape index (κ2) is 4.47. The molecule has 1 aromatic heterocycles. The van der Waals surface area contributed by atoms with E-state index in [4.69, 9.17) is 11.6 Å². The zero-order valence-electron chi connectivity index (χ0n) is 9.09. The number of sulfone groups is 1. The normalized spacial score (nSPS) is 11.4. The molecule has 0 aliphatic heterocycles. The number of aryl methyl sites for hydroxylation is 1. The Morgan fingerprint density at radius 1 is 1.12 bits per heavy atom. The fourth-order valence-corrected chi connectivity index (χ4v) is 3.12. The Morgan fingerprint density at radius 2 is 1.76 bits per heavy atom. The van der Waals surface area contributed by atoms with Crippen molar-refractivity contribution in [1.29, 1.82) is 0 Å². The van der Waals surface area contributed by atoms with Crippen LogP contribution in [0.25, 0.3) is 0 Å². The van der Waals surface area contributed by atoms with Crippen LogP contribution in [0.15, 0.2) is 52.4 Å². The van der Waals surface area contributed by atoms with E-state index in [1.54, 1.807) is 30.3 Å². The van der Waals surface area contributed by atoms with Crippen molar-refractivity contribution in [2.24, 2.45) is 0 Å². The fraction of sp³-hybridized carbons (Fsp3) is 0.0833. The average molecular weight is 268 g/mol. The quantitative estimate of drug-likeness (QED) is 0.786. The third-order valence-electron chi connectivity index (χ3n) is 2.35. The maximum atomic E-state index is 12.2. The van der Waals surface area contributed by atoms with Gasteiger partial charge in [0.05, 0.1) is 4.90 Å². The van der Waals surface area contributed by atoms with Crippen LogP contribution < -0.4 is 0 Å². The van der Waals surface area contributed by atoms with Gasteiger partial charge in [-0.3, -0.25) is 0 Å². The summed E-state index contributed by atoms with van der Waals surface area (Å²) in [6.45, 7) is 1.90. The van der Waals surface area contributed by atoms with Gasteiger partial charge in [0.1, 0.15) is 10.0 Å². The lowest BCUT2D eigenvalue weighted by Crippen LogP contribution is -2.03. The van der Waals surface area contributed by atoms with Gasteiger partial charge in [-0.2, -0.15) is 0 Å². The Labute approximate surface area is 105 Å². The van der Waals surface area contributed by atoms with Crippen molar-refractivity contribution in [3.05, 3.63) is 53.3 Å². The van der Waals surface area contributed by atoms with Crippen LogP contribution in [0.1, 0.15) is 5.56 Å². The summed E-state index contributed by atoms with van der Waals surface area (Å²) in [7, 11) is -3.58. The predicted molar refractivity (Wildman–Crippen MR) is 65.9 cm³/mol. The molecule has 0 unspecified atom stereocenters. The van der Waals surface area contributed by atoms with E-state index in [0.29, 0.717) is 0 Å². The van der Waals surface area contributed by atoms with Crippen molar-refractivity contribution < 1.29 is 8.42 Å². The highest BCUT2D eigenvalue weighted by molar-refractivity contribution is 7.91. The standard InChI is InChI=1S/C12H10ClNO2S/c1-9-4-6-10(7-5-9)17(15,16)11-3-2-8-14-12(11)13/h2-8H,1H3. The summed E-state index contributed by atoms with van der Waals surface area (Å²) >= 11 is 5.80. The first-order valence-corrected chi connectivity index (χ1v) is 6.80. The largest absolute Gasteiger partial charge is 0.243 e. The molecule has 0 N–H and O–H groups in total. The number of aromatic nitrogens is 1. The summed E-state index contributed by atoms with van der Waals surface area (Å²) in [5.41, 5.74) is 1.00. The van der Waals surface area contributed by atoms with E-state index in [1.165, 1.54) is 12.3 Å². The monoisotopic (exact) mass is 267 g/mol. The van der Waals surface area contributed by atoms with E-state index in [1.807, 2.05) is 6.92 Å². The van der Waals surface area contributed by atoms with Crippen molar-refractivity contribution in [1.82, 2.24) is 4.98 Å². The summed E-state index contributed by atoms with van der Waals surface area (Å²) in [6, 6.07) is 9.62. The molecule has 3 nitrogen and oxygen atoms in total. The van der Waals surface area contributed by atoms with Crippen molar-refractivity contribution in [3.63, 3.8) is 0 Å². The molecule has 2 rings (SSSR count). The molecule has 1 aromatic carbocycles. The first-order valence-electron chi connectivity index (χ1n) is 4.94. The van der Waals surface area contributed by atoms with Gasteiger partial charge in [0.2, 0.25) is 9.84 Å². The molecule has 0 aliphatic carbocycles. The highest BCUT2D eigenvalue weighted by atomic mass is 35.5. The second-order valence-corrected chi connectivity index (χ2v) is 5.88.